The molecule has 6 rings (SSSR count). The average molecular weight is 897 g/mol. The second kappa shape index (κ2) is 29.2. The van der Waals surface area contributed by atoms with Gasteiger partial charge in [-0.15, -0.1) is 0 Å². The summed E-state index contributed by atoms with van der Waals surface area (Å²) < 4.78 is 9.27. The number of hydrogen-bond acceptors (Lipinski definition) is 4. The summed E-state index contributed by atoms with van der Waals surface area (Å²) >= 11 is 8.63. The Morgan fingerprint density at radius 2 is 0.578 bits per heavy atom. The zero-order valence-corrected chi connectivity index (χ0v) is 40.5. The third-order valence-corrected chi connectivity index (χ3v) is 13.2. The van der Waals surface area contributed by atoms with E-state index in [1.165, 1.54) is 149 Å². The smallest absolute Gasteiger partial charge is 0.169 e. The van der Waals surface area contributed by atoms with Gasteiger partial charge < -0.3 is 0 Å². The van der Waals surface area contributed by atoms with Gasteiger partial charge in [0.05, 0.1) is 11.4 Å². The van der Waals surface area contributed by atoms with Crippen molar-refractivity contribution in [2.24, 2.45) is 0 Å². The summed E-state index contributed by atoms with van der Waals surface area (Å²) in [6.45, 7) is 4.33. The summed E-state index contributed by atoms with van der Waals surface area (Å²) in [6.07, 6.45) is 46.4. The van der Waals surface area contributed by atoms with Crippen LogP contribution in [0.5, 0.6) is 0 Å². The number of pyridine rings is 6. The fourth-order valence-electron chi connectivity index (χ4n) is 8.56. The molecule has 0 saturated carbocycles. The number of thiol groups is 2. The molecule has 0 unspecified atom stereocenters. The third kappa shape index (κ3) is 17.9. The highest BCUT2D eigenvalue weighted by Gasteiger charge is 2.10. The van der Waals surface area contributed by atoms with Gasteiger partial charge >= 0.3 is 0 Å². The molecule has 0 atom stereocenters. The monoisotopic (exact) mass is 897 g/mol. The van der Waals surface area contributed by atoms with Crippen LogP contribution >= 0.6 is 25.3 Å². The number of nitrogens with zero attached hydrogens (tertiary/aromatic N) is 6. The summed E-state index contributed by atoms with van der Waals surface area (Å²) in [5.74, 6) is 2.00. The highest BCUT2D eigenvalue weighted by Crippen LogP contribution is 2.21. The normalized spacial score (nSPS) is 11.3. The van der Waals surface area contributed by atoms with Crippen LogP contribution in [-0.2, 0) is 39.0 Å². The number of aromatic nitrogens is 6. The van der Waals surface area contributed by atoms with Crippen LogP contribution in [0.15, 0.2) is 135 Å². The predicted octanol–water partition coefficient (Wildman–Crippen LogP) is 12.0. The van der Waals surface area contributed by atoms with Crippen molar-refractivity contribution >= 4 is 25.3 Å². The first-order valence-corrected chi connectivity index (χ1v) is 26.0. The maximum absolute atomic E-state index is 4.71. The second-order valence-electron chi connectivity index (χ2n) is 17.7. The highest BCUT2D eigenvalue weighted by atomic mass is 32.1. The van der Waals surface area contributed by atoms with E-state index in [1.54, 1.807) is 0 Å². The molecule has 0 aliphatic rings. The summed E-state index contributed by atoms with van der Waals surface area (Å²) in [4.78, 5) is 9.43. The van der Waals surface area contributed by atoms with Crippen molar-refractivity contribution in [2.75, 3.05) is 11.5 Å². The molecule has 338 valence electrons. The molecule has 0 spiro atoms. The Morgan fingerprint density at radius 3 is 0.875 bits per heavy atom. The van der Waals surface area contributed by atoms with E-state index in [-0.39, 0.29) is 0 Å². The topological polar surface area (TPSA) is 41.3 Å². The third-order valence-electron chi connectivity index (χ3n) is 12.6. The molecule has 0 aromatic carbocycles. The molecular weight excluding hydrogens is 821 g/mol. The molecule has 0 fully saturated rings. The maximum Gasteiger partial charge on any atom is 0.169 e. The van der Waals surface area contributed by atoms with Crippen LogP contribution in [0.4, 0.5) is 0 Å². The number of aryl methyl sites for hydroxylation is 6. The first-order chi connectivity index (χ1) is 31.7. The van der Waals surface area contributed by atoms with Gasteiger partial charge in [-0.1, -0.05) is 38.5 Å². The van der Waals surface area contributed by atoms with Crippen LogP contribution in [0.25, 0.3) is 33.6 Å². The van der Waals surface area contributed by atoms with E-state index in [2.05, 4.69) is 166 Å². The molecule has 0 saturated heterocycles. The predicted molar refractivity (Wildman–Crippen MR) is 270 cm³/mol. The number of hydrogen-bond donors (Lipinski definition) is 2. The molecule has 6 nitrogen and oxygen atoms in total. The Morgan fingerprint density at radius 1 is 0.312 bits per heavy atom. The Balaban J connectivity index is 0.804. The molecule has 0 amide bonds. The Hall–Kier alpha value is -4.40. The maximum atomic E-state index is 4.71. The molecule has 64 heavy (non-hydrogen) atoms. The van der Waals surface area contributed by atoms with Gasteiger partial charge in [-0.25, -0.2) is 18.3 Å². The molecule has 0 aliphatic heterocycles. The largest absolute Gasteiger partial charge is 0.255 e. The molecule has 8 heteroatoms. The van der Waals surface area contributed by atoms with Gasteiger partial charge in [0.1, 0.15) is 26.2 Å². The lowest BCUT2D eigenvalue weighted by Crippen LogP contribution is -2.33. The van der Waals surface area contributed by atoms with Crippen molar-refractivity contribution in [1.82, 2.24) is 9.97 Å². The van der Waals surface area contributed by atoms with E-state index in [9.17, 15) is 0 Å². The fourth-order valence-corrected chi connectivity index (χ4v) is 9.01. The Kier molecular flexibility index (Phi) is 22.4. The average Bonchev–Trinajstić information content (AvgIpc) is 3.34. The van der Waals surface area contributed by atoms with E-state index in [1.807, 2.05) is 12.4 Å². The van der Waals surface area contributed by atoms with Crippen LogP contribution in [0, 0.1) is 0 Å². The summed E-state index contributed by atoms with van der Waals surface area (Å²) in [5, 5.41) is 0. The molecular formula is C56H76N6S2+4. The van der Waals surface area contributed by atoms with Crippen LogP contribution in [0.2, 0.25) is 0 Å². The standard InChI is InChI=1S/C56H74N6S2/c63-45-17-9-7-15-35-61-41-27-53(28-42-61)51-23-37-59(38-24-51)33-13-5-1-3-11-19-49-21-31-57-55(47-49)56-48-50(22-32-58-56)20-12-4-2-6-14-34-60-39-25-52(26-40-60)54-29-43-62(44-30-54)36-16-8-10-18-46-64/h21-32,37-44,47-48H,1-20,33-36,45-46H2/q+2/p+2. The number of rotatable bonds is 31. The van der Waals surface area contributed by atoms with Crippen molar-refractivity contribution in [3.63, 3.8) is 0 Å². The van der Waals surface area contributed by atoms with E-state index in [0.717, 1.165) is 61.9 Å². The van der Waals surface area contributed by atoms with Gasteiger partial charge in [0.2, 0.25) is 0 Å². The van der Waals surface area contributed by atoms with Crippen molar-refractivity contribution < 1.29 is 18.3 Å². The van der Waals surface area contributed by atoms with Gasteiger partial charge in [0.15, 0.2) is 49.6 Å². The van der Waals surface area contributed by atoms with Crippen molar-refractivity contribution in [1.29, 1.82) is 0 Å². The van der Waals surface area contributed by atoms with Crippen LogP contribution in [0.3, 0.4) is 0 Å². The zero-order valence-electron chi connectivity index (χ0n) is 38.7. The minimum absolute atomic E-state index is 0.994. The number of unbranched alkanes of at least 4 members (excludes halogenated alkanes) is 14. The highest BCUT2D eigenvalue weighted by molar-refractivity contribution is 7.80. The Labute approximate surface area is 397 Å². The summed E-state index contributed by atoms with van der Waals surface area (Å²) in [6, 6.07) is 26.9. The molecule has 6 heterocycles. The lowest BCUT2D eigenvalue weighted by Gasteiger charge is -2.07. The summed E-state index contributed by atoms with van der Waals surface area (Å²) in [7, 11) is 0. The second-order valence-corrected chi connectivity index (χ2v) is 18.6. The SMILES string of the molecule is SCCCCCC[n+]1ccc(-c2cc[n+](CCCCCCCc3ccnc(-c4cc(CCCCCCC[n+]5ccc(-c6cc[n+](CCCCCCS)cc6)cc5)ccn4)c3)cc2)cc1. The Bertz CT molecular complexity index is 2000. The van der Waals surface area contributed by atoms with Gasteiger partial charge in [-0.2, -0.15) is 25.3 Å². The minimum Gasteiger partial charge on any atom is -0.255 e. The molecule has 0 aliphatic carbocycles. The van der Waals surface area contributed by atoms with E-state index in [4.69, 9.17) is 9.97 Å². The van der Waals surface area contributed by atoms with Gasteiger partial charge in [-0.3, -0.25) is 9.97 Å². The van der Waals surface area contributed by atoms with Crippen LogP contribution in [0.1, 0.15) is 127 Å². The first kappa shape index (κ1) is 49.0. The summed E-state index contributed by atoms with van der Waals surface area (Å²) in [5.41, 5.74) is 9.84. The van der Waals surface area contributed by atoms with Gasteiger partial charge in [0.25, 0.3) is 0 Å². The molecule has 0 N–H and O–H groups in total. The molecule has 6 aromatic rings. The van der Waals surface area contributed by atoms with E-state index < -0.39 is 0 Å². The lowest BCUT2D eigenvalue weighted by atomic mass is 10.0. The van der Waals surface area contributed by atoms with E-state index in [0.29, 0.717) is 0 Å². The van der Waals surface area contributed by atoms with Crippen molar-refractivity contribution in [3.05, 3.63) is 146 Å². The molecule has 0 radical (unpaired) electrons. The van der Waals surface area contributed by atoms with Gasteiger partial charge in [0, 0.05) is 86.6 Å². The van der Waals surface area contributed by atoms with Crippen LogP contribution in [-0.4, -0.2) is 21.5 Å². The lowest BCUT2D eigenvalue weighted by molar-refractivity contribution is -0.697. The first-order valence-electron chi connectivity index (χ1n) is 24.8. The zero-order chi connectivity index (χ0) is 44.3. The fraction of sp³-hybridized carbons (Fsp3) is 0.464. The van der Waals surface area contributed by atoms with Crippen LogP contribution < -0.4 is 18.3 Å². The molecule has 6 aromatic heterocycles. The molecule has 0 bridgehead atoms. The van der Waals surface area contributed by atoms with E-state index >= 15 is 0 Å². The van der Waals surface area contributed by atoms with Crippen molar-refractivity contribution in [2.45, 2.75) is 155 Å². The quantitative estimate of drug-likeness (QED) is 0.0259. The minimum atomic E-state index is 0.994. The van der Waals surface area contributed by atoms with Gasteiger partial charge in [-0.05, 0) is 133 Å². The van der Waals surface area contributed by atoms with Crippen molar-refractivity contribution in [3.8, 4) is 33.6 Å².